The predicted octanol–water partition coefficient (Wildman–Crippen LogP) is 4.50. The Labute approximate surface area is 200 Å². The smallest absolute Gasteiger partial charge is 0.265 e. The quantitative estimate of drug-likeness (QED) is 0.459. The third-order valence-electron chi connectivity index (χ3n) is 5.10. The number of sulfonamides is 1. The zero-order valence-electron chi connectivity index (χ0n) is 19.0. The van der Waals surface area contributed by atoms with Crippen molar-refractivity contribution in [2.45, 2.75) is 18.4 Å². The number of rotatable bonds is 9. The molecule has 0 atom stereocenters. The van der Waals surface area contributed by atoms with Crippen molar-refractivity contribution >= 4 is 21.6 Å². The average Bonchev–Trinajstić information content (AvgIpc) is 2.84. The van der Waals surface area contributed by atoms with E-state index in [9.17, 15) is 13.2 Å². The molecule has 1 N–H and O–H groups in total. The summed E-state index contributed by atoms with van der Waals surface area (Å²) in [4.78, 5) is 14.7. The molecule has 0 aliphatic heterocycles. The van der Waals surface area contributed by atoms with Crippen LogP contribution in [0, 0.1) is 18.3 Å². The average molecular weight is 476 g/mol. The molecule has 1 amide bonds. The van der Waals surface area contributed by atoms with E-state index in [1.54, 1.807) is 59.5 Å². The van der Waals surface area contributed by atoms with E-state index >= 15 is 0 Å². The minimum atomic E-state index is -4.03. The fourth-order valence-electron chi connectivity index (χ4n) is 3.31. The summed E-state index contributed by atoms with van der Waals surface area (Å²) in [5.74, 6) is -0.239. The van der Waals surface area contributed by atoms with E-state index in [0.717, 1.165) is 11.1 Å². The number of ether oxygens (including phenoxy) is 1. The second-order valence-electron chi connectivity index (χ2n) is 7.62. The molecule has 3 aromatic carbocycles. The molecule has 7 nitrogen and oxygen atoms in total. The largest absolute Gasteiger partial charge is 0.495 e. The van der Waals surface area contributed by atoms with E-state index in [-0.39, 0.29) is 35.2 Å². The SMILES string of the molecule is C=CCN(Cc1ccc(C#N)cc1)C(=O)c1ccc(OC)c(S(=O)(=O)Nc2ccc(C)cc2)c1. The van der Waals surface area contributed by atoms with Gasteiger partial charge in [-0.1, -0.05) is 35.9 Å². The van der Waals surface area contributed by atoms with Crippen LogP contribution in [-0.2, 0) is 16.6 Å². The minimum absolute atomic E-state index is 0.124. The maximum absolute atomic E-state index is 13.3. The lowest BCUT2D eigenvalue weighted by molar-refractivity contribution is 0.0762. The second-order valence-corrected chi connectivity index (χ2v) is 9.27. The molecule has 0 heterocycles. The molecule has 0 unspecified atom stereocenters. The Hall–Kier alpha value is -4.09. The number of amides is 1. The standard InChI is InChI=1S/C26H25N3O4S/c1-4-15-29(18-21-9-7-20(17-27)8-10-21)26(30)22-11-14-24(33-3)25(16-22)34(31,32)28-23-12-5-19(2)6-13-23/h4-14,16,28H,1,15,18H2,2-3H3. The van der Waals surface area contributed by atoms with Gasteiger partial charge in [-0.2, -0.15) is 5.26 Å². The van der Waals surface area contributed by atoms with Crippen LogP contribution in [0.5, 0.6) is 5.75 Å². The number of anilines is 1. The van der Waals surface area contributed by atoms with Crippen LogP contribution in [0.1, 0.15) is 27.0 Å². The highest BCUT2D eigenvalue weighted by Crippen LogP contribution is 2.28. The molecule has 0 saturated carbocycles. The number of nitriles is 1. The van der Waals surface area contributed by atoms with E-state index in [2.05, 4.69) is 17.4 Å². The first-order valence-corrected chi connectivity index (χ1v) is 11.9. The summed E-state index contributed by atoms with van der Waals surface area (Å²) in [5, 5.41) is 8.98. The number of hydrogen-bond donors (Lipinski definition) is 1. The molecule has 0 saturated heterocycles. The Balaban J connectivity index is 1.92. The number of aryl methyl sites for hydroxylation is 1. The maximum Gasteiger partial charge on any atom is 0.265 e. The monoisotopic (exact) mass is 475 g/mol. The van der Waals surface area contributed by atoms with Crippen LogP contribution >= 0.6 is 0 Å². The number of nitrogens with one attached hydrogen (secondary N) is 1. The number of nitrogens with zero attached hydrogens (tertiary/aromatic N) is 2. The summed E-state index contributed by atoms with van der Waals surface area (Å²) in [6, 6.07) is 20.2. The van der Waals surface area contributed by atoms with E-state index in [0.29, 0.717) is 11.3 Å². The van der Waals surface area contributed by atoms with Gasteiger partial charge >= 0.3 is 0 Å². The summed E-state index contributed by atoms with van der Waals surface area (Å²) in [6.07, 6.45) is 1.60. The molecule has 34 heavy (non-hydrogen) atoms. The molecule has 0 aliphatic rings. The molecule has 0 spiro atoms. The third kappa shape index (κ3) is 5.82. The first kappa shape index (κ1) is 24.6. The van der Waals surface area contributed by atoms with Gasteiger partial charge in [-0.3, -0.25) is 9.52 Å². The molecular formula is C26H25N3O4S. The first-order valence-electron chi connectivity index (χ1n) is 10.4. The van der Waals surface area contributed by atoms with Gasteiger partial charge in [0.1, 0.15) is 10.6 Å². The van der Waals surface area contributed by atoms with Crippen LogP contribution in [0.15, 0.2) is 84.3 Å². The number of benzene rings is 3. The van der Waals surface area contributed by atoms with Gasteiger partial charge in [-0.25, -0.2) is 8.42 Å². The van der Waals surface area contributed by atoms with Gasteiger partial charge in [0.05, 0.1) is 18.7 Å². The van der Waals surface area contributed by atoms with Crippen LogP contribution in [0.2, 0.25) is 0 Å². The van der Waals surface area contributed by atoms with Gasteiger partial charge in [0.15, 0.2) is 0 Å². The third-order valence-corrected chi connectivity index (χ3v) is 6.50. The molecule has 174 valence electrons. The van der Waals surface area contributed by atoms with Crippen LogP contribution in [0.4, 0.5) is 5.69 Å². The highest BCUT2D eigenvalue weighted by molar-refractivity contribution is 7.92. The first-order chi connectivity index (χ1) is 16.3. The lowest BCUT2D eigenvalue weighted by atomic mass is 10.1. The van der Waals surface area contributed by atoms with Crippen molar-refractivity contribution in [3.8, 4) is 11.8 Å². The van der Waals surface area contributed by atoms with Crippen molar-refractivity contribution in [3.05, 3.63) is 102 Å². The summed E-state index contributed by atoms with van der Waals surface area (Å²) in [6.45, 7) is 6.15. The van der Waals surface area contributed by atoms with Crippen LogP contribution in [0.3, 0.4) is 0 Å². The number of carbonyl (C=O) groups excluding carboxylic acids is 1. The topological polar surface area (TPSA) is 99.5 Å². The fourth-order valence-corrected chi connectivity index (χ4v) is 4.57. The van der Waals surface area contributed by atoms with Gasteiger partial charge in [0.25, 0.3) is 15.9 Å². The summed E-state index contributed by atoms with van der Waals surface area (Å²) in [7, 11) is -2.65. The fraction of sp³-hybridized carbons (Fsp3) is 0.154. The second kappa shape index (κ2) is 10.7. The highest BCUT2D eigenvalue weighted by Gasteiger charge is 2.24. The van der Waals surface area contributed by atoms with E-state index < -0.39 is 10.0 Å². The molecule has 0 aromatic heterocycles. The molecule has 0 aliphatic carbocycles. The normalized spacial score (nSPS) is 10.7. The van der Waals surface area contributed by atoms with Crippen molar-refractivity contribution in [3.63, 3.8) is 0 Å². The Kier molecular flexibility index (Phi) is 7.71. The van der Waals surface area contributed by atoms with E-state index in [4.69, 9.17) is 10.00 Å². The molecule has 0 fully saturated rings. The van der Waals surface area contributed by atoms with Crippen molar-refractivity contribution in [2.24, 2.45) is 0 Å². The molecular weight excluding hydrogens is 450 g/mol. The Bertz CT molecular complexity index is 1330. The van der Waals surface area contributed by atoms with Crippen molar-refractivity contribution < 1.29 is 17.9 Å². The van der Waals surface area contributed by atoms with Crippen LogP contribution in [0.25, 0.3) is 0 Å². The summed E-state index contributed by atoms with van der Waals surface area (Å²) >= 11 is 0. The van der Waals surface area contributed by atoms with Crippen LogP contribution in [-0.4, -0.2) is 32.9 Å². The molecule has 8 heteroatoms. The predicted molar refractivity (Wildman–Crippen MR) is 131 cm³/mol. The lowest BCUT2D eigenvalue weighted by Gasteiger charge is -2.22. The van der Waals surface area contributed by atoms with Gasteiger partial charge in [0.2, 0.25) is 0 Å². The van der Waals surface area contributed by atoms with Gasteiger partial charge in [0, 0.05) is 24.3 Å². The Morgan fingerprint density at radius 3 is 2.38 bits per heavy atom. The Morgan fingerprint density at radius 2 is 1.79 bits per heavy atom. The van der Waals surface area contributed by atoms with E-state index in [1.807, 2.05) is 6.92 Å². The zero-order valence-corrected chi connectivity index (χ0v) is 19.8. The van der Waals surface area contributed by atoms with Crippen LogP contribution < -0.4 is 9.46 Å². The zero-order chi connectivity index (χ0) is 24.7. The highest BCUT2D eigenvalue weighted by atomic mass is 32.2. The molecule has 3 aromatic rings. The minimum Gasteiger partial charge on any atom is -0.495 e. The lowest BCUT2D eigenvalue weighted by Crippen LogP contribution is -2.31. The number of hydrogen-bond acceptors (Lipinski definition) is 5. The summed E-state index contributed by atoms with van der Waals surface area (Å²) in [5.41, 5.74) is 2.95. The summed E-state index contributed by atoms with van der Waals surface area (Å²) < 4.78 is 34.1. The van der Waals surface area contributed by atoms with Gasteiger partial charge in [-0.15, -0.1) is 6.58 Å². The van der Waals surface area contributed by atoms with Gasteiger partial charge in [-0.05, 0) is 55.0 Å². The molecule has 3 rings (SSSR count). The maximum atomic E-state index is 13.3. The van der Waals surface area contributed by atoms with Crippen molar-refractivity contribution in [1.82, 2.24) is 4.90 Å². The Morgan fingerprint density at radius 1 is 1.12 bits per heavy atom. The van der Waals surface area contributed by atoms with Gasteiger partial charge < -0.3 is 9.64 Å². The van der Waals surface area contributed by atoms with Crippen molar-refractivity contribution in [1.29, 1.82) is 5.26 Å². The number of methoxy groups -OCH3 is 1. The molecule has 0 bridgehead atoms. The van der Waals surface area contributed by atoms with Crippen molar-refractivity contribution in [2.75, 3.05) is 18.4 Å². The van der Waals surface area contributed by atoms with E-state index in [1.165, 1.54) is 25.3 Å². The molecule has 0 radical (unpaired) electrons. The number of carbonyl (C=O) groups is 1.